The smallest absolute Gasteiger partial charge is 0.256 e. The minimum absolute atomic E-state index is 0.0923. The van der Waals surface area contributed by atoms with Crippen LogP contribution in [0.25, 0.3) is 10.2 Å². The van der Waals surface area contributed by atoms with Crippen molar-refractivity contribution < 1.29 is 9.47 Å². The zero-order valence-electron chi connectivity index (χ0n) is 16.5. The highest BCUT2D eigenvalue weighted by atomic mass is 32.1. The van der Waals surface area contributed by atoms with E-state index in [2.05, 4.69) is 29.0 Å². The molecule has 0 amide bonds. The molecule has 0 unspecified atom stereocenters. The SMILES string of the molecule is C=CCNc1sc2c3c(c(=O)[nH]c2c1C#N)[C@H](c1ccccc1OC)C(C#N)=C(N)O3. The lowest BCUT2D eigenvalue weighted by Crippen LogP contribution is -2.27. The molecule has 2 aromatic heterocycles. The molecule has 0 bridgehead atoms. The van der Waals surface area contributed by atoms with Crippen molar-refractivity contribution in [3.05, 3.63) is 75.4 Å². The highest BCUT2D eigenvalue weighted by Crippen LogP contribution is 2.48. The summed E-state index contributed by atoms with van der Waals surface area (Å²) in [4.78, 5) is 16.0. The minimum Gasteiger partial charge on any atom is -0.496 e. The Balaban J connectivity index is 2.06. The Morgan fingerprint density at radius 3 is 2.84 bits per heavy atom. The van der Waals surface area contributed by atoms with Crippen molar-refractivity contribution in [3.63, 3.8) is 0 Å². The number of fused-ring (bicyclic) bond motifs is 3. The molecule has 0 saturated heterocycles. The number of aromatic nitrogens is 1. The number of benzene rings is 1. The van der Waals surface area contributed by atoms with Crippen molar-refractivity contribution >= 4 is 26.6 Å². The van der Waals surface area contributed by atoms with Gasteiger partial charge in [0.2, 0.25) is 5.88 Å². The number of nitrogens with two attached hydrogens (primary N) is 1. The number of hydrogen-bond acceptors (Lipinski definition) is 8. The van der Waals surface area contributed by atoms with E-state index in [-0.39, 0.29) is 22.8 Å². The Morgan fingerprint density at radius 2 is 2.16 bits per heavy atom. The summed E-state index contributed by atoms with van der Waals surface area (Å²) in [5, 5.41) is 23.1. The zero-order valence-corrected chi connectivity index (χ0v) is 17.3. The number of thiophene rings is 1. The number of nitriles is 2. The summed E-state index contributed by atoms with van der Waals surface area (Å²) in [6.45, 7) is 4.11. The zero-order chi connectivity index (χ0) is 22.1. The summed E-state index contributed by atoms with van der Waals surface area (Å²) in [5.74, 6) is -0.127. The third-order valence-corrected chi connectivity index (χ3v) is 6.13. The van der Waals surface area contributed by atoms with E-state index in [9.17, 15) is 15.3 Å². The van der Waals surface area contributed by atoms with Crippen LogP contribution in [-0.4, -0.2) is 18.6 Å². The number of para-hydroxylation sites is 1. The van der Waals surface area contributed by atoms with Gasteiger partial charge in [0.15, 0.2) is 5.75 Å². The summed E-state index contributed by atoms with van der Waals surface area (Å²) < 4.78 is 11.8. The fourth-order valence-corrected chi connectivity index (χ4v) is 4.77. The van der Waals surface area contributed by atoms with E-state index >= 15 is 0 Å². The van der Waals surface area contributed by atoms with Gasteiger partial charge in [0.05, 0.1) is 28.8 Å². The highest BCUT2D eigenvalue weighted by molar-refractivity contribution is 7.23. The van der Waals surface area contributed by atoms with Crippen molar-refractivity contribution in [1.29, 1.82) is 10.5 Å². The van der Waals surface area contributed by atoms with Crippen molar-refractivity contribution in [2.75, 3.05) is 19.0 Å². The minimum atomic E-state index is -0.782. The van der Waals surface area contributed by atoms with Gasteiger partial charge >= 0.3 is 0 Å². The number of nitrogens with one attached hydrogen (secondary N) is 2. The number of ether oxygens (including phenoxy) is 2. The Bertz CT molecular complexity index is 1390. The standard InChI is InChI=1S/C22H17N5O3S/c1-3-8-26-22-13(10-24)17-19(31-22)18-16(21(28)27-17)15(12(9-23)20(25)30-18)11-6-4-5-7-14(11)29-2/h3-7,15,26H,1,8,25H2,2H3,(H,27,28)/t15-/m1/s1. The average Bonchev–Trinajstić information content (AvgIpc) is 3.14. The Labute approximate surface area is 181 Å². The first-order valence-corrected chi connectivity index (χ1v) is 10.0. The molecule has 3 aromatic rings. The van der Waals surface area contributed by atoms with Crippen LogP contribution >= 0.6 is 11.3 Å². The normalized spacial score (nSPS) is 14.9. The van der Waals surface area contributed by atoms with Crippen LogP contribution in [0.3, 0.4) is 0 Å². The van der Waals surface area contributed by atoms with Gasteiger partial charge in [-0.05, 0) is 6.07 Å². The molecule has 0 spiro atoms. The van der Waals surface area contributed by atoms with Gasteiger partial charge < -0.3 is 25.5 Å². The van der Waals surface area contributed by atoms with E-state index in [0.29, 0.717) is 38.6 Å². The molecule has 1 aromatic carbocycles. The van der Waals surface area contributed by atoms with Crippen molar-refractivity contribution in [2.24, 2.45) is 5.73 Å². The van der Waals surface area contributed by atoms with Gasteiger partial charge in [0, 0.05) is 12.1 Å². The first kappa shape index (κ1) is 20.1. The third-order valence-electron chi connectivity index (χ3n) is 4.99. The van der Waals surface area contributed by atoms with Gasteiger partial charge in [-0.1, -0.05) is 24.3 Å². The van der Waals surface area contributed by atoms with Gasteiger partial charge in [0.25, 0.3) is 5.56 Å². The summed E-state index contributed by atoms with van der Waals surface area (Å²) in [6.07, 6.45) is 1.66. The maximum Gasteiger partial charge on any atom is 0.256 e. The predicted molar refractivity (Wildman–Crippen MR) is 118 cm³/mol. The lowest BCUT2D eigenvalue weighted by Gasteiger charge is -2.26. The molecule has 1 aliphatic rings. The molecule has 4 N–H and O–H groups in total. The summed E-state index contributed by atoms with van der Waals surface area (Å²) in [6, 6.07) is 11.3. The van der Waals surface area contributed by atoms with Gasteiger partial charge in [-0.25, -0.2) is 0 Å². The maximum atomic E-state index is 13.2. The van der Waals surface area contributed by atoms with Crippen molar-refractivity contribution in [1.82, 2.24) is 4.98 Å². The second kappa shape index (κ2) is 7.90. The maximum absolute atomic E-state index is 13.2. The van der Waals surface area contributed by atoms with E-state index < -0.39 is 11.5 Å². The quantitative estimate of drug-likeness (QED) is 0.527. The van der Waals surface area contributed by atoms with E-state index in [1.165, 1.54) is 18.4 Å². The number of H-pyrrole nitrogens is 1. The lowest BCUT2D eigenvalue weighted by atomic mass is 9.83. The number of anilines is 1. The van der Waals surface area contributed by atoms with Gasteiger partial charge in [-0.3, -0.25) is 4.79 Å². The van der Waals surface area contributed by atoms with E-state index in [1.54, 1.807) is 30.3 Å². The van der Waals surface area contributed by atoms with Gasteiger partial charge in [0.1, 0.15) is 34.0 Å². The number of allylic oxidation sites excluding steroid dienone is 1. The molecule has 1 atom stereocenters. The summed E-state index contributed by atoms with van der Waals surface area (Å²) in [5.41, 5.74) is 7.27. The first-order chi connectivity index (χ1) is 15.0. The van der Waals surface area contributed by atoms with Gasteiger partial charge in [-0.2, -0.15) is 10.5 Å². The topological polar surface area (TPSA) is 137 Å². The molecule has 3 heterocycles. The van der Waals surface area contributed by atoms with Crippen LogP contribution in [0, 0.1) is 22.7 Å². The molecular formula is C22H17N5O3S. The van der Waals surface area contributed by atoms with Crippen LogP contribution in [0.15, 0.2) is 53.2 Å². The van der Waals surface area contributed by atoms with Crippen LogP contribution < -0.4 is 26.1 Å². The largest absolute Gasteiger partial charge is 0.496 e. The third kappa shape index (κ3) is 3.08. The number of hydrogen-bond donors (Lipinski definition) is 3. The monoisotopic (exact) mass is 431 g/mol. The van der Waals surface area contributed by atoms with Crippen LogP contribution in [0.1, 0.15) is 22.6 Å². The van der Waals surface area contributed by atoms with E-state index in [0.717, 1.165) is 0 Å². The summed E-state index contributed by atoms with van der Waals surface area (Å²) in [7, 11) is 1.52. The van der Waals surface area contributed by atoms with Crippen molar-refractivity contribution in [3.8, 4) is 23.6 Å². The highest BCUT2D eigenvalue weighted by Gasteiger charge is 2.37. The Morgan fingerprint density at radius 1 is 1.39 bits per heavy atom. The number of pyridine rings is 1. The van der Waals surface area contributed by atoms with Crippen LogP contribution in [0.2, 0.25) is 0 Å². The molecule has 9 heteroatoms. The van der Waals surface area contributed by atoms with Crippen LogP contribution in [0.5, 0.6) is 11.5 Å². The lowest BCUT2D eigenvalue weighted by molar-refractivity contribution is 0.389. The Hall–Kier alpha value is -4.21. The molecule has 0 aliphatic carbocycles. The fourth-order valence-electron chi connectivity index (χ4n) is 3.66. The molecule has 154 valence electrons. The molecular weight excluding hydrogens is 414 g/mol. The predicted octanol–water partition coefficient (Wildman–Crippen LogP) is 3.29. The van der Waals surface area contributed by atoms with Crippen LogP contribution in [-0.2, 0) is 0 Å². The van der Waals surface area contributed by atoms with E-state index in [4.69, 9.17) is 15.2 Å². The molecule has 31 heavy (non-hydrogen) atoms. The molecule has 0 saturated carbocycles. The molecule has 8 nitrogen and oxygen atoms in total. The number of aromatic amines is 1. The molecule has 4 rings (SSSR count). The van der Waals surface area contributed by atoms with Crippen molar-refractivity contribution in [2.45, 2.75) is 5.92 Å². The van der Waals surface area contributed by atoms with Crippen LogP contribution in [0.4, 0.5) is 5.00 Å². The Kier molecular flexibility index (Phi) is 5.12. The molecule has 0 radical (unpaired) electrons. The number of nitrogens with zero attached hydrogens (tertiary/aromatic N) is 2. The molecule has 0 fully saturated rings. The van der Waals surface area contributed by atoms with E-state index in [1.807, 2.05) is 0 Å². The fraction of sp³-hybridized carbons (Fsp3) is 0.136. The number of methoxy groups -OCH3 is 1. The van der Waals surface area contributed by atoms with Gasteiger partial charge in [-0.15, -0.1) is 17.9 Å². The second-order valence-electron chi connectivity index (χ2n) is 6.66. The second-order valence-corrected chi connectivity index (χ2v) is 7.68. The average molecular weight is 431 g/mol. The summed E-state index contributed by atoms with van der Waals surface area (Å²) >= 11 is 1.26. The first-order valence-electron chi connectivity index (χ1n) is 9.23. The molecule has 1 aliphatic heterocycles. The number of rotatable bonds is 5.